The number of benzene rings is 2. The Balaban J connectivity index is 1.49. The van der Waals surface area contributed by atoms with Crippen LogP contribution in [0.3, 0.4) is 0 Å². The van der Waals surface area contributed by atoms with Gasteiger partial charge in [-0.05, 0) is 37.1 Å². The molecule has 0 aliphatic carbocycles. The molecule has 1 aliphatic heterocycles. The first kappa shape index (κ1) is 18.8. The Morgan fingerprint density at radius 1 is 1.14 bits per heavy atom. The predicted molar refractivity (Wildman–Crippen MR) is 108 cm³/mol. The monoisotopic (exact) mass is 397 g/mol. The van der Waals surface area contributed by atoms with Gasteiger partial charge >= 0.3 is 0 Å². The van der Waals surface area contributed by atoms with Gasteiger partial charge < -0.3 is 10.1 Å². The van der Waals surface area contributed by atoms with Crippen LogP contribution in [0.4, 0.5) is 4.39 Å². The van der Waals surface area contributed by atoms with Gasteiger partial charge in [-0.15, -0.1) is 10.2 Å². The minimum absolute atomic E-state index is 0.0472. The number of ether oxygens (including phenoxy) is 1. The molecule has 1 aliphatic rings. The molecule has 1 fully saturated rings. The van der Waals surface area contributed by atoms with Gasteiger partial charge in [0.1, 0.15) is 16.5 Å². The molecule has 28 heavy (non-hydrogen) atoms. The van der Waals surface area contributed by atoms with Gasteiger partial charge in [-0.2, -0.15) is 0 Å². The number of amides is 1. The first-order valence-corrected chi connectivity index (χ1v) is 10.2. The van der Waals surface area contributed by atoms with Gasteiger partial charge in [-0.3, -0.25) is 4.79 Å². The zero-order valence-corrected chi connectivity index (χ0v) is 16.0. The van der Waals surface area contributed by atoms with Gasteiger partial charge in [-0.25, -0.2) is 4.39 Å². The van der Waals surface area contributed by atoms with Crippen molar-refractivity contribution in [3.05, 3.63) is 54.3 Å². The molecule has 0 spiro atoms. The van der Waals surface area contributed by atoms with E-state index < -0.39 is 0 Å². The maximum absolute atomic E-state index is 13.2. The number of hydrogen-bond donors (Lipinski definition) is 1. The molecule has 0 radical (unpaired) electrons. The number of rotatable bonds is 6. The Labute approximate surface area is 166 Å². The lowest BCUT2D eigenvalue weighted by Gasteiger charge is -2.11. The number of carbonyl (C=O) groups is 1. The van der Waals surface area contributed by atoms with Crippen LogP contribution in [-0.4, -0.2) is 41.1 Å². The summed E-state index contributed by atoms with van der Waals surface area (Å²) in [5.74, 6) is -0.0717. The van der Waals surface area contributed by atoms with Crippen molar-refractivity contribution in [1.29, 1.82) is 0 Å². The van der Waals surface area contributed by atoms with Gasteiger partial charge in [0.25, 0.3) is 0 Å². The van der Waals surface area contributed by atoms with Crippen LogP contribution in [0.15, 0.2) is 53.6 Å². The fourth-order valence-electron chi connectivity index (χ4n) is 3.22. The number of thioether (sulfide) groups is 1. The second-order valence-electron chi connectivity index (χ2n) is 6.63. The van der Waals surface area contributed by atoms with Crippen molar-refractivity contribution in [3.8, 4) is 11.3 Å². The van der Waals surface area contributed by atoms with Crippen LogP contribution < -0.4 is 5.32 Å². The third kappa shape index (κ3) is 4.31. The maximum Gasteiger partial charge on any atom is 0.230 e. The first-order valence-electron chi connectivity index (χ1n) is 9.23. The second-order valence-corrected chi connectivity index (χ2v) is 7.60. The van der Waals surface area contributed by atoms with Crippen molar-refractivity contribution in [2.75, 3.05) is 18.9 Å². The summed E-state index contributed by atoms with van der Waals surface area (Å²) in [6.45, 7) is 1.33. The van der Waals surface area contributed by atoms with Crippen molar-refractivity contribution in [1.82, 2.24) is 15.5 Å². The number of fused-ring (bicyclic) bond motifs is 1. The zero-order valence-electron chi connectivity index (χ0n) is 15.2. The van der Waals surface area contributed by atoms with Crippen molar-refractivity contribution >= 4 is 28.4 Å². The zero-order chi connectivity index (χ0) is 19.3. The van der Waals surface area contributed by atoms with Crippen LogP contribution >= 0.6 is 11.8 Å². The van der Waals surface area contributed by atoms with E-state index in [1.165, 1.54) is 23.9 Å². The Hall–Kier alpha value is -2.51. The summed E-state index contributed by atoms with van der Waals surface area (Å²) < 4.78 is 18.8. The number of nitrogens with one attached hydrogen (secondary N) is 1. The van der Waals surface area contributed by atoms with E-state index in [4.69, 9.17) is 4.74 Å². The van der Waals surface area contributed by atoms with E-state index in [9.17, 15) is 9.18 Å². The summed E-state index contributed by atoms with van der Waals surface area (Å²) in [4.78, 5) is 12.2. The third-order valence-electron chi connectivity index (χ3n) is 4.66. The van der Waals surface area contributed by atoms with Gasteiger partial charge in [0, 0.05) is 29.5 Å². The van der Waals surface area contributed by atoms with E-state index in [0.29, 0.717) is 17.3 Å². The lowest BCUT2D eigenvalue weighted by atomic mass is 10.1. The number of carbonyl (C=O) groups excluding carboxylic acids is 1. The summed E-state index contributed by atoms with van der Waals surface area (Å²) >= 11 is 1.36. The van der Waals surface area contributed by atoms with E-state index in [1.54, 1.807) is 12.1 Å². The molecular formula is C21H20FN3O2S. The quantitative estimate of drug-likeness (QED) is 0.641. The van der Waals surface area contributed by atoms with Crippen LogP contribution in [-0.2, 0) is 9.53 Å². The molecule has 144 valence electrons. The third-order valence-corrected chi connectivity index (χ3v) is 5.64. The van der Waals surface area contributed by atoms with Crippen LogP contribution in [0.1, 0.15) is 12.8 Å². The van der Waals surface area contributed by atoms with Crippen LogP contribution in [0.5, 0.6) is 0 Å². The van der Waals surface area contributed by atoms with Crippen LogP contribution in [0.2, 0.25) is 0 Å². The van der Waals surface area contributed by atoms with Gasteiger partial charge in [0.15, 0.2) is 0 Å². The van der Waals surface area contributed by atoms with Crippen molar-refractivity contribution in [2.24, 2.45) is 0 Å². The molecule has 1 amide bonds. The molecule has 0 bridgehead atoms. The molecule has 3 aromatic rings. The molecule has 0 saturated carbocycles. The fraction of sp³-hybridized carbons (Fsp3) is 0.286. The number of aromatic nitrogens is 2. The Kier molecular flexibility index (Phi) is 5.83. The van der Waals surface area contributed by atoms with E-state index in [2.05, 4.69) is 15.5 Å². The summed E-state index contributed by atoms with van der Waals surface area (Å²) in [5.41, 5.74) is 1.50. The van der Waals surface area contributed by atoms with Crippen LogP contribution in [0, 0.1) is 5.82 Å². The first-order chi connectivity index (χ1) is 13.7. The normalized spacial score (nSPS) is 16.4. The molecule has 1 atom stereocenters. The van der Waals surface area contributed by atoms with Crippen molar-refractivity contribution in [2.45, 2.75) is 24.0 Å². The van der Waals surface area contributed by atoms with Crippen molar-refractivity contribution in [3.63, 3.8) is 0 Å². The molecule has 1 aromatic heterocycles. The lowest BCUT2D eigenvalue weighted by Crippen LogP contribution is -2.32. The van der Waals surface area contributed by atoms with E-state index in [1.807, 2.05) is 24.3 Å². The largest absolute Gasteiger partial charge is 0.376 e. The minimum Gasteiger partial charge on any atom is -0.376 e. The average molecular weight is 397 g/mol. The Morgan fingerprint density at radius 3 is 2.68 bits per heavy atom. The van der Waals surface area contributed by atoms with E-state index >= 15 is 0 Å². The Morgan fingerprint density at radius 2 is 1.93 bits per heavy atom. The predicted octanol–water partition coefficient (Wildman–Crippen LogP) is 3.82. The molecule has 2 aromatic carbocycles. The Bertz CT molecular complexity index is 975. The molecule has 2 heterocycles. The SMILES string of the molecule is O=C(CSc1nnc(-c2ccc(F)cc2)c2ccccc12)NC[C@H]1CCCO1. The maximum atomic E-state index is 13.2. The smallest absolute Gasteiger partial charge is 0.230 e. The fourth-order valence-corrected chi connectivity index (χ4v) is 4.03. The highest BCUT2D eigenvalue weighted by Crippen LogP contribution is 2.31. The highest BCUT2D eigenvalue weighted by Gasteiger charge is 2.17. The van der Waals surface area contributed by atoms with Gasteiger partial charge in [0.2, 0.25) is 5.91 Å². The summed E-state index contributed by atoms with van der Waals surface area (Å²) in [5, 5.41) is 14.1. The molecule has 1 N–H and O–H groups in total. The van der Waals surface area contributed by atoms with Crippen molar-refractivity contribution < 1.29 is 13.9 Å². The highest BCUT2D eigenvalue weighted by molar-refractivity contribution is 8.00. The summed E-state index contributed by atoms with van der Waals surface area (Å²) in [6, 6.07) is 14.0. The van der Waals surface area contributed by atoms with Crippen LogP contribution in [0.25, 0.3) is 22.0 Å². The molecule has 4 rings (SSSR count). The minimum atomic E-state index is -0.290. The van der Waals surface area contributed by atoms with Gasteiger partial charge in [0.05, 0.1) is 11.9 Å². The molecule has 7 heteroatoms. The average Bonchev–Trinajstić information content (AvgIpc) is 3.25. The molecule has 0 unspecified atom stereocenters. The summed E-state index contributed by atoms with van der Waals surface area (Å²) in [6.07, 6.45) is 2.18. The second kappa shape index (κ2) is 8.67. The standard InChI is InChI=1S/C21H20FN3O2S/c22-15-9-7-14(8-10-15)20-17-5-1-2-6-18(17)21(25-24-20)28-13-19(26)23-12-16-4-3-11-27-16/h1-2,5-10,16H,3-4,11-13H2,(H,23,26)/t16-/m1/s1. The van der Waals surface area contributed by atoms with Gasteiger partial charge in [-0.1, -0.05) is 36.0 Å². The number of hydrogen-bond acceptors (Lipinski definition) is 5. The van der Waals surface area contributed by atoms with E-state index in [0.717, 1.165) is 35.8 Å². The molecule has 5 nitrogen and oxygen atoms in total. The number of nitrogens with zero attached hydrogens (tertiary/aromatic N) is 2. The lowest BCUT2D eigenvalue weighted by molar-refractivity contribution is -0.119. The molecular weight excluding hydrogens is 377 g/mol. The molecule has 1 saturated heterocycles. The topological polar surface area (TPSA) is 64.1 Å². The number of halogens is 1. The highest BCUT2D eigenvalue weighted by atomic mass is 32.2. The summed E-state index contributed by atoms with van der Waals surface area (Å²) in [7, 11) is 0. The van der Waals surface area contributed by atoms with E-state index in [-0.39, 0.29) is 23.6 Å².